The Balaban J connectivity index is 1.29. The highest BCUT2D eigenvalue weighted by Crippen LogP contribution is 2.27. The van der Waals surface area contributed by atoms with E-state index in [1.165, 1.54) is 9.87 Å². The second-order valence-corrected chi connectivity index (χ2v) is 11.6. The van der Waals surface area contributed by atoms with E-state index in [0.717, 1.165) is 18.8 Å². The van der Waals surface area contributed by atoms with Crippen LogP contribution in [-0.2, 0) is 20.6 Å². The summed E-state index contributed by atoms with van der Waals surface area (Å²) in [6.07, 6.45) is 1.12. The molecule has 6 nitrogen and oxygen atoms in total. The molecule has 4 rings (SSSR count). The maximum Gasteiger partial charge on any atom is 0.225 e. The summed E-state index contributed by atoms with van der Waals surface area (Å²) in [7, 11) is -3.42. The summed E-state index contributed by atoms with van der Waals surface area (Å²) in [5.41, 5.74) is 3.01. The van der Waals surface area contributed by atoms with E-state index in [4.69, 9.17) is 23.2 Å². The van der Waals surface area contributed by atoms with Crippen molar-refractivity contribution < 1.29 is 13.2 Å². The predicted octanol–water partition coefficient (Wildman–Crippen LogP) is 4.19. The highest BCUT2D eigenvalue weighted by Gasteiger charge is 2.34. The first-order chi connectivity index (χ1) is 15.7. The van der Waals surface area contributed by atoms with E-state index >= 15 is 0 Å². The number of hydrogen-bond donors (Lipinski definition) is 0. The zero-order valence-electron chi connectivity index (χ0n) is 18.7. The predicted molar refractivity (Wildman–Crippen MR) is 133 cm³/mol. The van der Waals surface area contributed by atoms with Gasteiger partial charge in [-0.25, -0.2) is 12.7 Å². The van der Waals surface area contributed by atoms with Gasteiger partial charge in [-0.15, -0.1) is 0 Å². The molecule has 0 unspecified atom stereocenters. The van der Waals surface area contributed by atoms with Gasteiger partial charge in [0, 0.05) is 60.9 Å². The quantitative estimate of drug-likeness (QED) is 0.606. The van der Waals surface area contributed by atoms with Crippen molar-refractivity contribution in [1.82, 2.24) is 9.21 Å². The maximum absolute atomic E-state index is 13.1. The van der Waals surface area contributed by atoms with Crippen LogP contribution in [-0.4, -0.2) is 62.8 Å². The molecule has 9 heteroatoms. The van der Waals surface area contributed by atoms with Crippen molar-refractivity contribution in [1.29, 1.82) is 0 Å². The number of rotatable bonds is 5. The highest BCUT2D eigenvalue weighted by molar-refractivity contribution is 7.88. The summed E-state index contributed by atoms with van der Waals surface area (Å²) in [5.74, 6) is -0.0214. The molecular weight excluding hydrogens is 481 g/mol. The molecule has 2 aromatic carbocycles. The van der Waals surface area contributed by atoms with Crippen LogP contribution in [0.4, 0.5) is 5.69 Å². The molecule has 0 aromatic heterocycles. The van der Waals surface area contributed by atoms with Crippen molar-refractivity contribution in [3.05, 3.63) is 63.6 Å². The van der Waals surface area contributed by atoms with Crippen molar-refractivity contribution in [3.63, 3.8) is 0 Å². The van der Waals surface area contributed by atoms with Crippen LogP contribution in [0.25, 0.3) is 0 Å². The second-order valence-electron chi connectivity index (χ2n) is 8.80. The van der Waals surface area contributed by atoms with Crippen LogP contribution in [0.3, 0.4) is 0 Å². The Bertz CT molecular complexity index is 1090. The third kappa shape index (κ3) is 5.83. The fourth-order valence-electron chi connectivity index (χ4n) is 4.61. The van der Waals surface area contributed by atoms with E-state index in [0.29, 0.717) is 54.6 Å². The van der Waals surface area contributed by atoms with E-state index in [9.17, 15) is 13.2 Å². The molecule has 0 bridgehead atoms. The number of nitrogens with zero attached hydrogens (tertiary/aromatic N) is 3. The summed E-state index contributed by atoms with van der Waals surface area (Å²) in [6, 6.07) is 12.8. The van der Waals surface area contributed by atoms with Gasteiger partial charge in [-0.05, 0) is 55.2 Å². The van der Waals surface area contributed by atoms with E-state index in [1.807, 2.05) is 23.1 Å². The number of carbonyl (C=O) groups is 1. The van der Waals surface area contributed by atoms with E-state index in [1.54, 1.807) is 24.3 Å². The smallest absolute Gasteiger partial charge is 0.225 e. The standard InChI is InChI=1S/C24H29Cl2N3O3S/c1-18-2-5-22(26)16-23(18)27-12-14-28(15-13-27)24(30)20-8-10-29(11-9-20)33(31,32)17-19-3-6-21(25)7-4-19/h2-7,16,20H,8-15,17H2,1H3. The van der Waals surface area contributed by atoms with Crippen molar-refractivity contribution in [2.45, 2.75) is 25.5 Å². The zero-order chi connectivity index (χ0) is 23.6. The number of benzene rings is 2. The average Bonchev–Trinajstić information content (AvgIpc) is 2.82. The monoisotopic (exact) mass is 509 g/mol. The number of halogens is 2. The average molecular weight is 510 g/mol. The van der Waals surface area contributed by atoms with Gasteiger partial charge in [-0.3, -0.25) is 4.79 Å². The maximum atomic E-state index is 13.1. The Morgan fingerprint density at radius 1 is 0.909 bits per heavy atom. The van der Waals surface area contributed by atoms with Crippen LogP contribution < -0.4 is 4.90 Å². The lowest BCUT2D eigenvalue weighted by Gasteiger charge is -2.39. The molecule has 0 aliphatic carbocycles. The van der Waals surface area contributed by atoms with Gasteiger partial charge in [-0.2, -0.15) is 0 Å². The van der Waals surface area contributed by atoms with Crippen molar-refractivity contribution in [2.75, 3.05) is 44.2 Å². The molecule has 0 N–H and O–H groups in total. The molecule has 0 spiro atoms. The second kappa shape index (κ2) is 10.2. The summed E-state index contributed by atoms with van der Waals surface area (Å²) in [5, 5.41) is 1.30. The van der Waals surface area contributed by atoms with Gasteiger partial charge in [0.25, 0.3) is 0 Å². The van der Waals surface area contributed by atoms with Crippen molar-refractivity contribution in [2.24, 2.45) is 5.92 Å². The number of piperazine rings is 1. The molecule has 178 valence electrons. The molecule has 33 heavy (non-hydrogen) atoms. The lowest BCUT2D eigenvalue weighted by molar-refractivity contribution is -0.137. The molecule has 2 aliphatic heterocycles. The fourth-order valence-corrected chi connectivity index (χ4v) is 6.47. The third-order valence-corrected chi connectivity index (χ3v) is 8.90. The van der Waals surface area contributed by atoms with Crippen LogP contribution in [0.5, 0.6) is 0 Å². The minimum Gasteiger partial charge on any atom is -0.368 e. The van der Waals surface area contributed by atoms with Crippen molar-refractivity contribution >= 4 is 44.8 Å². The molecule has 2 heterocycles. The number of aryl methyl sites for hydroxylation is 1. The number of amides is 1. The first-order valence-electron chi connectivity index (χ1n) is 11.2. The Morgan fingerprint density at radius 3 is 2.15 bits per heavy atom. The number of anilines is 1. The van der Waals surface area contributed by atoms with Gasteiger partial charge in [0.15, 0.2) is 0 Å². The van der Waals surface area contributed by atoms with Gasteiger partial charge in [0.1, 0.15) is 0 Å². The van der Waals surface area contributed by atoms with Gasteiger partial charge >= 0.3 is 0 Å². The number of piperidine rings is 1. The van der Waals surface area contributed by atoms with Gasteiger partial charge in [-0.1, -0.05) is 41.4 Å². The van der Waals surface area contributed by atoms with Gasteiger partial charge in [0.2, 0.25) is 15.9 Å². The van der Waals surface area contributed by atoms with Crippen LogP contribution >= 0.6 is 23.2 Å². The first kappa shape index (κ1) is 24.3. The molecule has 0 radical (unpaired) electrons. The van der Waals surface area contributed by atoms with Gasteiger partial charge in [0.05, 0.1) is 5.75 Å². The lowest BCUT2D eigenvalue weighted by atomic mass is 9.96. The Hall–Kier alpha value is -1.80. The SMILES string of the molecule is Cc1ccc(Cl)cc1N1CCN(C(=O)C2CCN(S(=O)(=O)Cc3ccc(Cl)cc3)CC2)CC1. The number of hydrogen-bond acceptors (Lipinski definition) is 4. The minimum atomic E-state index is -3.42. The molecule has 2 saturated heterocycles. The largest absolute Gasteiger partial charge is 0.368 e. The molecule has 2 fully saturated rings. The molecule has 1 amide bonds. The van der Waals surface area contributed by atoms with E-state index < -0.39 is 10.0 Å². The number of sulfonamides is 1. The normalized spacial score (nSPS) is 18.5. The van der Waals surface area contributed by atoms with E-state index in [2.05, 4.69) is 11.8 Å². The Morgan fingerprint density at radius 2 is 1.52 bits per heavy atom. The zero-order valence-corrected chi connectivity index (χ0v) is 21.0. The van der Waals surface area contributed by atoms with Crippen molar-refractivity contribution in [3.8, 4) is 0 Å². The van der Waals surface area contributed by atoms with Crippen LogP contribution in [0.2, 0.25) is 10.0 Å². The summed E-state index contributed by atoms with van der Waals surface area (Å²) in [6.45, 7) is 5.70. The Labute approximate surface area is 206 Å². The highest BCUT2D eigenvalue weighted by atomic mass is 35.5. The molecule has 0 saturated carbocycles. The summed E-state index contributed by atoms with van der Waals surface area (Å²) >= 11 is 12.1. The molecular formula is C24H29Cl2N3O3S. The van der Waals surface area contributed by atoms with Gasteiger partial charge < -0.3 is 9.80 Å². The Kier molecular flexibility index (Phi) is 7.53. The van der Waals surface area contributed by atoms with Crippen LogP contribution in [0.15, 0.2) is 42.5 Å². The molecule has 2 aromatic rings. The van der Waals surface area contributed by atoms with Crippen LogP contribution in [0, 0.1) is 12.8 Å². The minimum absolute atomic E-state index is 0.0480. The van der Waals surface area contributed by atoms with E-state index in [-0.39, 0.29) is 17.6 Å². The molecule has 0 atom stereocenters. The summed E-state index contributed by atoms with van der Waals surface area (Å²) < 4.78 is 27.2. The van der Waals surface area contributed by atoms with Crippen LogP contribution in [0.1, 0.15) is 24.0 Å². The topological polar surface area (TPSA) is 60.9 Å². The number of carbonyl (C=O) groups excluding carboxylic acids is 1. The molecule has 2 aliphatic rings. The third-order valence-electron chi connectivity index (χ3n) is 6.56. The fraction of sp³-hybridized carbons (Fsp3) is 0.458. The summed E-state index contributed by atoms with van der Waals surface area (Å²) in [4.78, 5) is 17.3. The first-order valence-corrected chi connectivity index (χ1v) is 13.6. The lowest BCUT2D eigenvalue weighted by Crippen LogP contribution is -2.52.